The number of benzene rings is 1. The first-order valence-corrected chi connectivity index (χ1v) is 6.98. The topological polar surface area (TPSA) is 61.8 Å². The molecule has 112 valence electrons. The Balaban J connectivity index is 2.11. The number of hydrogen-bond donors (Lipinski definition) is 2. The zero-order valence-electron chi connectivity index (χ0n) is 12.2. The van der Waals surface area contributed by atoms with Crippen LogP contribution in [0.1, 0.15) is 17.5 Å². The molecule has 21 heavy (non-hydrogen) atoms. The van der Waals surface area contributed by atoms with Crippen molar-refractivity contribution in [3.63, 3.8) is 0 Å². The summed E-state index contributed by atoms with van der Waals surface area (Å²) in [4.78, 5) is 13.5. The Hall–Kier alpha value is -2.03. The van der Waals surface area contributed by atoms with E-state index in [1.54, 1.807) is 7.11 Å². The molecule has 5 nitrogen and oxygen atoms in total. The molecule has 1 aliphatic rings. The number of hydrogen-bond acceptors (Lipinski definition) is 4. The van der Waals surface area contributed by atoms with Gasteiger partial charge in [-0.15, -0.1) is 0 Å². The molecule has 0 bridgehead atoms. The van der Waals surface area contributed by atoms with Crippen molar-refractivity contribution in [2.75, 3.05) is 33.4 Å². The molecule has 0 radical (unpaired) electrons. The SMILES string of the molecule is COc1ccc(CN2CCNC(=O)C2)cc1C#CCCO. The van der Waals surface area contributed by atoms with Crippen LogP contribution >= 0.6 is 0 Å². The molecule has 0 aromatic heterocycles. The summed E-state index contributed by atoms with van der Waals surface area (Å²) >= 11 is 0. The van der Waals surface area contributed by atoms with Gasteiger partial charge in [0.1, 0.15) is 5.75 Å². The lowest BCUT2D eigenvalue weighted by Crippen LogP contribution is -2.47. The van der Waals surface area contributed by atoms with Gasteiger partial charge in [0.25, 0.3) is 0 Å². The van der Waals surface area contributed by atoms with Gasteiger partial charge in [0.05, 0.1) is 25.8 Å². The second-order valence-corrected chi connectivity index (χ2v) is 4.87. The molecule has 2 rings (SSSR count). The Morgan fingerprint density at radius 3 is 3.05 bits per heavy atom. The minimum absolute atomic E-state index is 0.0535. The summed E-state index contributed by atoms with van der Waals surface area (Å²) in [6.45, 7) is 2.74. The number of ether oxygens (including phenoxy) is 1. The van der Waals surface area contributed by atoms with Crippen LogP contribution in [-0.4, -0.2) is 49.3 Å². The van der Waals surface area contributed by atoms with Crippen LogP contribution in [0.5, 0.6) is 5.75 Å². The number of aliphatic hydroxyl groups is 1. The van der Waals surface area contributed by atoms with E-state index in [9.17, 15) is 4.79 Å². The van der Waals surface area contributed by atoms with E-state index in [1.807, 2.05) is 18.2 Å². The molecule has 1 aromatic rings. The highest BCUT2D eigenvalue weighted by Gasteiger charge is 2.16. The Labute approximate surface area is 124 Å². The third-order valence-corrected chi connectivity index (χ3v) is 3.25. The number of carbonyl (C=O) groups is 1. The normalized spacial score (nSPS) is 15.0. The van der Waals surface area contributed by atoms with Crippen LogP contribution in [-0.2, 0) is 11.3 Å². The molecule has 5 heteroatoms. The van der Waals surface area contributed by atoms with E-state index >= 15 is 0 Å². The summed E-state index contributed by atoms with van der Waals surface area (Å²) in [5, 5.41) is 11.6. The largest absolute Gasteiger partial charge is 0.495 e. The fourth-order valence-electron chi connectivity index (χ4n) is 2.25. The van der Waals surface area contributed by atoms with Crippen molar-refractivity contribution in [1.82, 2.24) is 10.2 Å². The van der Waals surface area contributed by atoms with Crippen molar-refractivity contribution in [3.8, 4) is 17.6 Å². The van der Waals surface area contributed by atoms with Crippen LogP contribution < -0.4 is 10.1 Å². The van der Waals surface area contributed by atoms with Gasteiger partial charge in [0.15, 0.2) is 0 Å². The minimum Gasteiger partial charge on any atom is -0.495 e. The predicted molar refractivity (Wildman–Crippen MR) is 79.9 cm³/mol. The summed E-state index contributed by atoms with van der Waals surface area (Å²) in [5.41, 5.74) is 1.91. The van der Waals surface area contributed by atoms with Crippen LogP contribution in [0.15, 0.2) is 18.2 Å². The van der Waals surface area contributed by atoms with Gasteiger partial charge in [-0.3, -0.25) is 9.69 Å². The van der Waals surface area contributed by atoms with Crippen LogP contribution in [0.3, 0.4) is 0 Å². The fourth-order valence-corrected chi connectivity index (χ4v) is 2.25. The highest BCUT2D eigenvalue weighted by atomic mass is 16.5. The quantitative estimate of drug-likeness (QED) is 0.786. The lowest BCUT2D eigenvalue weighted by atomic mass is 10.1. The summed E-state index contributed by atoms with van der Waals surface area (Å²) < 4.78 is 5.30. The van der Waals surface area contributed by atoms with Crippen LogP contribution in [0.25, 0.3) is 0 Å². The standard InChI is InChI=1S/C16H20N2O3/c1-21-15-6-5-13(10-14(15)4-2-3-9-19)11-18-8-7-17-16(20)12-18/h5-6,10,19H,3,7-9,11-12H2,1H3,(H,17,20). The van der Waals surface area contributed by atoms with Gasteiger partial charge < -0.3 is 15.2 Å². The zero-order chi connectivity index (χ0) is 15.1. The smallest absolute Gasteiger partial charge is 0.234 e. The van der Waals surface area contributed by atoms with E-state index in [4.69, 9.17) is 9.84 Å². The maximum Gasteiger partial charge on any atom is 0.234 e. The van der Waals surface area contributed by atoms with Gasteiger partial charge in [-0.2, -0.15) is 0 Å². The van der Waals surface area contributed by atoms with Gasteiger partial charge in [-0.1, -0.05) is 17.9 Å². The number of nitrogens with zero attached hydrogens (tertiary/aromatic N) is 1. The highest BCUT2D eigenvalue weighted by Crippen LogP contribution is 2.20. The van der Waals surface area contributed by atoms with Crippen molar-refractivity contribution in [1.29, 1.82) is 0 Å². The number of nitrogens with one attached hydrogen (secondary N) is 1. The Morgan fingerprint density at radius 1 is 1.48 bits per heavy atom. The summed E-state index contributed by atoms with van der Waals surface area (Å²) in [6, 6.07) is 5.86. The maximum absolute atomic E-state index is 11.4. The van der Waals surface area contributed by atoms with Gasteiger partial charge in [-0.05, 0) is 17.7 Å². The Kier molecular flexibility index (Phi) is 5.61. The monoisotopic (exact) mass is 288 g/mol. The first kappa shape index (κ1) is 15.4. The second-order valence-electron chi connectivity index (χ2n) is 4.87. The molecular weight excluding hydrogens is 268 g/mol. The van der Waals surface area contributed by atoms with Crippen LogP contribution in [0, 0.1) is 11.8 Å². The third-order valence-electron chi connectivity index (χ3n) is 3.25. The Bertz CT molecular complexity index is 560. The van der Waals surface area contributed by atoms with Crippen molar-refractivity contribution >= 4 is 5.91 Å². The van der Waals surface area contributed by atoms with Gasteiger partial charge >= 0.3 is 0 Å². The average Bonchev–Trinajstić information content (AvgIpc) is 2.48. The van der Waals surface area contributed by atoms with E-state index < -0.39 is 0 Å². The van der Waals surface area contributed by atoms with Crippen molar-refractivity contribution in [2.45, 2.75) is 13.0 Å². The molecule has 0 atom stereocenters. The first-order valence-electron chi connectivity index (χ1n) is 6.98. The molecule has 0 spiro atoms. The predicted octanol–water partition coefficient (Wildman–Crippen LogP) is 0.361. The van der Waals surface area contributed by atoms with Gasteiger partial charge in [-0.25, -0.2) is 0 Å². The molecule has 1 aliphatic heterocycles. The molecule has 1 amide bonds. The molecule has 0 saturated carbocycles. The van der Waals surface area contributed by atoms with E-state index in [-0.39, 0.29) is 12.5 Å². The van der Waals surface area contributed by atoms with E-state index in [0.717, 1.165) is 23.4 Å². The van der Waals surface area contributed by atoms with E-state index in [1.165, 1.54) is 0 Å². The first-order chi connectivity index (χ1) is 10.2. The second kappa shape index (κ2) is 7.67. The number of methoxy groups -OCH3 is 1. The maximum atomic E-state index is 11.4. The molecule has 0 aliphatic carbocycles. The lowest BCUT2D eigenvalue weighted by molar-refractivity contribution is -0.124. The minimum atomic E-state index is 0.0535. The van der Waals surface area contributed by atoms with E-state index in [0.29, 0.717) is 26.1 Å². The lowest BCUT2D eigenvalue weighted by Gasteiger charge is -2.26. The Morgan fingerprint density at radius 2 is 2.33 bits per heavy atom. The van der Waals surface area contributed by atoms with Crippen molar-refractivity contribution in [3.05, 3.63) is 29.3 Å². The summed E-state index contributed by atoms with van der Waals surface area (Å²) in [7, 11) is 1.61. The number of rotatable bonds is 4. The number of carbonyl (C=O) groups excluding carboxylic acids is 1. The zero-order valence-corrected chi connectivity index (χ0v) is 12.2. The molecule has 1 heterocycles. The van der Waals surface area contributed by atoms with Gasteiger partial charge in [0, 0.05) is 26.1 Å². The third kappa shape index (κ3) is 4.48. The van der Waals surface area contributed by atoms with Crippen LogP contribution in [0.2, 0.25) is 0 Å². The van der Waals surface area contributed by atoms with Gasteiger partial charge in [0.2, 0.25) is 5.91 Å². The molecular formula is C16H20N2O3. The number of piperazine rings is 1. The van der Waals surface area contributed by atoms with E-state index in [2.05, 4.69) is 22.1 Å². The van der Waals surface area contributed by atoms with Crippen LogP contribution in [0.4, 0.5) is 0 Å². The summed E-state index contributed by atoms with van der Waals surface area (Å²) in [5.74, 6) is 6.72. The highest BCUT2D eigenvalue weighted by molar-refractivity contribution is 5.78. The molecule has 1 saturated heterocycles. The van der Waals surface area contributed by atoms with Crippen molar-refractivity contribution < 1.29 is 14.6 Å². The molecule has 0 unspecified atom stereocenters. The number of amides is 1. The number of aliphatic hydroxyl groups excluding tert-OH is 1. The molecule has 1 aromatic carbocycles. The fraction of sp³-hybridized carbons (Fsp3) is 0.438. The molecule has 1 fully saturated rings. The molecule has 2 N–H and O–H groups in total. The summed E-state index contributed by atoms with van der Waals surface area (Å²) in [6.07, 6.45) is 0.444. The average molecular weight is 288 g/mol. The van der Waals surface area contributed by atoms with Crippen molar-refractivity contribution in [2.24, 2.45) is 0 Å².